The minimum atomic E-state index is -1.54. The van der Waals surface area contributed by atoms with E-state index in [1.807, 2.05) is 0 Å². The zero-order chi connectivity index (χ0) is 10.5. The molecule has 4 nitrogen and oxygen atoms in total. The van der Waals surface area contributed by atoms with Crippen molar-refractivity contribution < 1.29 is 9.53 Å². The monoisotopic (exact) mass is 222 g/mol. The van der Waals surface area contributed by atoms with Gasteiger partial charge in [-0.2, -0.15) is 0 Å². The van der Waals surface area contributed by atoms with Crippen molar-refractivity contribution in [2.75, 3.05) is 25.7 Å². The third-order valence-corrected chi connectivity index (χ3v) is 2.80. The topological polar surface area (TPSA) is 62.1 Å². The van der Waals surface area contributed by atoms with Gasteiger partial charge in [-0.25, -0.2) is 0 Å². The molecule has 0 heterocycles. The van der Waals surface area contributed by atoms with E-state index in [1.165, 1.54) is 6.26 Å². The number of ether oxygens (including phenoxy) is 1. The molecule has 0 aromatic rings. The Labute approximate surface area is 84.4 Å². The molecule has 76 valence electrons. The number of nitriles is 1. The summed E-state index contributed by atoms with van der Waals surface area (Å²) in [6, 6.07) is -0.477. The van der Waals surface area contributed by atoms with Crippen LogP contribution in [-0.4, -0.2) is 37.8 Å². The second kappa shape index (κ2) is 5.43. The normalized spacial score (nSPS) is 14.4. The minimum absolute atomic E-state index is 0.338. The molecule has 0 aliphatic carbocycles. The van der Waals surface area contributed by atoms with Gasteiger partial charge in [0.15, 0.2) is 0 Å². The Bertz CT molecular complexity index is 222. The predicted octanol–water partition coefficient (Wildman–Crippen LogP) is 0.453. The van der Waals surface area contributed by atoms with E-state index < -0.39 is 19.4 Å². The molecule has 0 amide bonds. The first-order valence-corrected chi connectivity index (χ1v) is 8.02. The molecule has 0 saturated carbocycles. The summed E-state index contributed by atoms with van der Waals surface area (Å²) in [6.45, 7) is 6.18. The number of thiol groups is 1. The van der Waals surface area contributed by atoms with E-state index >= 15 is 0 Å². The number of rotatable bonds is 4. The molecule has 0 aliphatic rings. The molecule has 0 aromatic carbocycles. The fourth-order valence-corrected chi connectivity index (χ4v) is 2.50. The number of carbonyl (C=O) groups is 1. The molecular formula is C7H15N2O2PS. The molecule has 0 aliphatic heterocycles. The van der Waals surface area contributed by atoms with E-state index in [9.17, 15) is 4.79 Å². The Kier molecular flexibility index (Phi) is 5.31. The van der Waals surface area contributed by atoms with E-state index in [2.05, 4.69) is 42.4 Å². The maximum atomic E-state index is 11.1. The van der Waals surface area contributed by atoms with Crippen molar-refractivity contribution >= 4 is 26.0 Å². The summed E-state index contributed by atoms with van der Waals surface area (Å²) in [7, 11) is -1.54. The Morgan fingerprint density at radius 2 is 2.23 bits per heavy atom. The van der Waals surface area contributed by atoms with Gasteiger partial charge in [0, 0.05) is 0 Å². The Morgan fingerprint density at radius 1 is 1.69 bits per heavy atom. The molecule has 1 unspecified atom stereocenters. The summed E-state index contributed by atoms with van der Waals surface area (Å²) in [5.74, 6) is -0.218. The van der Waals surface area contributed by atoms with Crippen LogP contribution in [0.5, 0.6) is 0 Å². The number of hydrogen-bond acceptors (Lipinski definition) is 5. The van der Waals surface area contributed by atoms with Crippen LogP contribution in [0.1, 0.15) is 0 Å². The molecule has 6 heteroatoms. The summed E-state index contributed by atoms with van der Waals surface area (Å²) < 4.78 is 4.22. The Morgan fingerprint density at radius 3 is 2.54 bits per heavy atom. The van der Waals surface area contributed by atoms with Crippen LogP contribution >= 0.6 is 20.0 Å². The van der Waals surface area contributed by atoms with Gasteiger partial charge in [0.05, 0.1) is 0 Å². The number of nitrogens with zero attached hydrogens (tertiary/aromatic N) is 1. The molecule has 0 rings (SSSR count). The van der Waals surface area contributed by atoms with Gasteiger partial charge in [-0.15, -0.1) is 0 Å². The van der Waals surface area contributed by atoms with Gasteiger partial charge in [0.1, 0.15) is 0 Å². The van der Waals surface area contributed by atoms with E-state index in [4.69, 9.17) is 5.26 Å². The third kappa shape index (κ3) is 5.87. The average molecular weight is 222 g/mol. The Balaban J connectivity index is 4.20. The number of nitrogens with one attached hydrogen (secondary N) is 1. The van der Waals surface area contributed by atoms with Crippen LogP contribution in [-0.2, 0) is 9.53 Å². The molecule has 0 aromatic heterocycles. The van der Waals surface area contributed by atoms with Crippen molar-refractivity contribution in [3.05, 3.63) is 0 Å². The van der Waals surface area contributed by atoms with Gasteiger partial charge in [0.25, 0.3) is 0 Å². The van der Waals surface area contributed by atoms with Gasteiger partial charge < -0.3 is 0 Å². The van der Waals surface area contributed by atoms with Crippen LogP contribution in [0.3, 0.4) is 0 Å². The van der Waals surface area contributed by atoms with Crippen LogP contribution in [0, 0.1) is 11.5 Å². The third-order valence-electron chi connectivity index (χ3n) is 1.22. The van der Waals surface area contributed by atoms with Crippen LogP contribution in [0.25, 0.3) is 0 Å². The zero-order valence-corrected chi connectivity index (χ0v) is 9.89. The summed E-state index contributed by atoms with van der Waals surface area (Å²) >= 11 is 4.01. The molecule has 1 atom stereocenters. The zero-order valence-electron chi connectivity index (χ0n) is 8.00. The van der Waals surface area contributed by atoms with Crippen LogP contribution in [0.15, 0.2) is 0 Å². The second-order valence-corrected chi connectivity index (χ2v) is 8.80. The Hall–Kier alpha value is -0.300. The van der Waals surface area contributed by atoms with E-state index in [-0.39, 0.29) is 0 Å². The van der Waals surface area contributed by atoms with Gasteiger partial charge in [0.2, 0.25) is 0 Å². The standard InChI is InChI=1S/C7H15N2O2PS/c1-12(2,3)9-6(4-13)7(10)11-5-8/h6,9,12-13H,4H2,1-3H3. The fourth-order valence-electron chi connectivity index (χ4n) is 0.818. The summed E-state index contributed by atoms with van der Waals surface area (Å²) in [5, 5.41) is 11.3. The van der Waals surface area contributed by atoms with Gasteiger partial charge in [-0.05, 0) is 0 Å². The number of carbonyl (C=O) groups excluding carboxylic acids is 1. The molecule has 0 spiro atoms. The summed E-state index contributed by atoms with van der Waals surface area (Å²) in [6.07, 6.45) is 1.36. The maximum absolute atomic E-state index is 11.1. The van der Waals surface area contributed by atoms with Crippen LogP contribution in [0.2, 0.25) is 0 Å². The van der Waals surface area contributed by atoms with E-state index in [0.29, 0.717) is 5.75 Å². The second-order valence-electron chi connectivity index (χ2n) is 3.64. The van der Waals surface area contributed by atoms with Crippen molar-refractivity contribution in [3.63, 3.8) is 0 Å². The van der Waals surface area contributed by atoms with Crippen molar-refractivity contribution in [3.8, 4) is 6.26 Å². The molecule has 0 radical (unpaired) electrons. The van der Waals surface area contributed by atoms with E-state index in [0.717, 1.165) is 0 Å². The molecular weight excluding hydrogens is 207 g/mol. The van der Waals surface area contributed by atoms with E-state index in [1.54, 1.807) is 0 Å². The molecule has 13 heavy (non-hydrogen) atoms. The SMILES string of the molecule is C[PH](C)(C)NC(CS)C(=O)OC#N. The molecule has 1 N–H and O–H groups in total. The first-order chi connectivity index (χ1) is 5.90. The van der Waals surface area contributed by atoms with Crippen molar-refractivity contribution in [1.29, 1.82) is 5.26 Å². The predicted molar refractivity (Wildman–Crippen MR) is 58.6 cm³/mol. The van der Waals surface area contributed by atoms with Gasteiger partial charge in [-0.3, -0.25) is 0 Å². The molecule has 0 bridgehead atoms. The quantitative estimate of drug-likeness (QED) is 0.314. The summed E-state index contributed by atoms with van der Waals surface area (Å²) in [5.41, 5.74) is 0. The van der Waals surface area contributed by atoms with Gasteiger partial charge >= 0.3 is 83.9 Å². The molecule has 0 saturated heterocycles. The van der Waals surface area contributed by atoms with Crippen LogP contribution in [0.4, 0.5) is 0 Å². The van der Waals surface area contributed by atoms with Crippen molar-refractivity contribution in [2.24, 2.45) is 0 Å². The number of hydrogen-bond donors (Lipinski definition) is 2. The average Bonchev–Trinajstić information content (AvgIpc) is 1.99. The van der Waals surface area contributed by atoms with Crippen molar-refractivity contribution in [2.45, 2.75) is 6.04 Å². The molecule has 0 fully saturated rings. The van der Waals surface area contributed by atoms with Crippen LogP contribution < -0.4 is 5.09 Å². The first-order valence-electron chi connectivity index (χ1n) is 3.89. The van der Waals surface area contributed by atoms with Crippen molar-refractivity contribution in [1.82, 2.24) is 5.09 Å². The summed E-state index contributed by atoms with van der Waals surface area (Å²) in [4.78, 5) is 11.1. The fraction of sp³-hybridized carbons (Fsp3) is 0.714. The van der Waals surface area contributed by atoms with Gasteiger partial charge in [-0.1, -0.05) is 0 Å². The first kappa shape index (κ1) is 12.7. The number of esters is 1.